The van der Waals surface area contributed by atoms with Gasteiger partial charge in [0.2, 0.25) is 11.4 Å². The van der Waals surface area contributed by atoms with Crippen LogP contribution in [-0.4, -0.2) is 14.6 Å². The Hall–Kier alpha value is -1.84. The molecule has 13 heavy (non-hydrogen) atoms. The van der Waals surface area contributed by atoms with Gasteiger partial charge in [-0.2, -0.15) is 9.61 Å². The fourth-order valence-corrected chi connectivity index (χ4v) is 1.40. The van der Waals surface area contributed by atoms with Crippen LogP contribution in [0.3, 0.4) is 0 Å². The van der Waals surface area contributed by atoms with Crippen molar-refractivity contribution in [3.63, 3.8) is 0 Å². The smallest absolute Gasteiger partial charge is 0.224 e. The number of aryl methyl sites for hydroxylation is 1. The van der Waals surface area contributed by atoms with Crippen molar-refractivity contribution in [2.24, 2.45) is 0 Å². The Morgan fingerprint density at radius 3 is 3.15 bits per heavy atom. The van der Waals surface area contributed by atoms with Gasteiger partial charge in [0.15, 0.2) is 5.58 Å². The van der Waals surface area contributed by atoms with Crippen LogP contribution in [0.2, 0.25) is 0 Å². The van der Waals surface area contributed by atoms with E-state index in [2.05, 4.69) is 10.1 Å². The topological polar surface area (TPSA) is 43.3 Å². The Morgan fingerprint density at radius 2 is 2.23 bits per heavy atom. The molecular formula is C9H7N3O. The predicted molar refractivity (Wildman–Crippen MR) is 47.5 cm³/mol. The van der Waals surface area contributed by atoms with Crippen molar-refractivity contribution in [2.75, 3.05) is 0 Å². The summed E-state index contributed by atoms with van der Waals surface area (Å²) in [5, 5.41) is 4.11. The molecule has 3 aromatic heterocycles. The fraction of sp³-hybridized carbons (Fsp3) is 0.111. The number of oxazole rings is 1. The summed E-state index contributed by atoms with van der Waals surface area (Å²) < 4.78 is 7.18. The molecule has 3 aromatic rings. The first kappa shape index (κ1) is 6.65. The van der Waals surface area contributed by atoms with E-state index in [1.54, 1.807) is 10.7 Å². The lowest BCUT2D eigenvalue weighted by Crippen LogP contribution is -1.87. The number of pyridine rings is 1. The van der Waals surface area contributed by atoms with Crippen molar-refractivity contribution in [3.05, 3.63) is 30.1 Å². The van der Waals surface area contributed by atoms with Crippen LogP contribution < -0.4 is 0 Å². The Labute approximate surface area is 73.8 Å². The van der Waals surface area contributed by atoms with Gasteiger partial charge in [0.25, 0.3) is 0 Å². The Morgan fingerprint density at radius 1 is 1.31 bits per heavy atom. The summed E-state index contributed by atoms with van der Waals surface area (Å²) in [5.74, 6) is 0. The van der Waals surface area contributed by atoms with Gasteiger partial charge < -0.3 is 4.42 Å². The molecule has 4 heteroatoms. The lowest BCUT2D eigenvalue weighted by molar-refractivity contribution is 0.651. The molecule has 0 amide bonds. The van der Waals surface area contributed by atoms with Crippen LogP contribution in [0.5, 0.6) is 0 Å². The van der Waals surface area contributed by atoms with E-state index in [1.165, 1.54) is 0 Å². The molecule has 0 N–H and O–H groups in total. The highest BCUT2D eigenvalue weighted by molar-refractivity contribution is 5.72. The van der Waals surface area contributed by atoms with Crippen molar-refractivity contribution < 1.29 is 4.42 Å². The maximum Gasteiger partial charge on any atom is 0.224 e. The molecule has 0 saturated carbocycles. The normalized spacial score (nSPS) is 11.5. The molecule has 0 fully saturated rings. The first-order valence-corrected chi connectivity index (χ1v) is 4.04. The summed E-state index contributed by atoms with van der Waals surface area (Å²) in [6.45, 7) is 1.95. The summed E-state index contributed by atoms with van der Waals surface area (Å²) in [5.41, 5.74) is 3.24. The summed E-state index contributed by atoms with van der Waals surface area (Å²) in [6, 6.07) is 5.65. The Kier molecular flexibility index (Phi) is 1.07. The van der Waals surface area contributed by atoms with Crippen LogP contribution in [0.4, 0.5) is 0 Å². The average molecular weight is 173 g/mol. The summed E-state index contributed by atoms with van der Waals surface area (Å²) in [6.07, 6.45) is 1.70. The lowest BCUT2D eigenvalue weighted by atomic mass is 10.4. The first-order chi connectivity index (χ1) is 6.34. The van der Waals surface area contributed by atoms with Crippen molar-refractivity contribution in [1.82, 2.24) is 14.6 Å². The molecule has 0 aliphatic carbocycles. The van der Waals surface area contributed by atoms with E-state index in [9.17, 15) is 0 Å². The van der Waals surface area contributed by atoms with E-state index in [-0.39, 0.29) is 0 Å². The SMILES string of the molecule is Cc1ccc2oc3ccnn3c2n1. The van der Waals surface area contributed by atoms with Gasteiger partial charge in [-0.1, -0.05) is 0 Å². The third-order valence-corrected chi connectivity index (χ3v) is 2.00. The first-order valence-electron chi connectivity index (χ1n) is 4.04. The second kappa shape index (κ2) is 2.10. The van der Waals surface area contributed by atoms with Gasteiger partial charge in [0.05, 0.1) is 6.20 Å². The van der Waals surface area contributed by atoms with E-state index in [0.717, 1.165) is 22.6 Å². The molecule has 0 unspecified atom stereocenters. The zero-order valence-corrected chi connectivity index (χ0v) is 7.06. The molecule has 0 spiro atoms. The molecule has 3 rings (SSSR count). The Balaban J connectivity index is 2.61. The molecule has 0 saturated heterocycles. The van der Waals surface area contributed by atoms with Gasteiger partial charge in [-0.3, -0.25) is 0 Å². The number of fused-ring (bicyclic) bond motifs is 3. The average Bonchev–Trinajstić information content (AvgIpc) is 2.64. The molecule has 0 aliphatic rings. The second-order valence-corrected chi connectivity index (χ2v) is 2.96. The van der Waals surface area contributed by atoms with Gasteiger partial charge in [0.1, 0.15) is 0 Å². The van der Waals surface area contributed by atoms with Crippen LogP contribution in [0, 0.1) is 6.92 Å². The highest BCUT2D eigenvalue weighted by Gasteiger charge is 2.07. The second-order valence-electron chi connectivity index (χ2n) is 2.96. The third kappa shape index (κ3) is 0.796. The molecule has 3 heterocycles. The van der Waals surface area contributed by atoms with Crippen LogP contribution in [0.1, 0.15) is 5.69 Å². The van der Waals surface area contributed by atoms with Crippen LogP contribution in [0.15, 0.2) is 28.8 Å². The van der Waals surface area contributed by atoms with Gasteiger partial charge >= 0.3 is 0 Å². The van der Waals surface area contributed by atoms with Crippen molar-refractivity contribution in [1.29, 1.82) is 0 Å². The zero-order valence-electron chi connectivity index (χ0n) is 7.06. The maximum absolute atomic E-state index is 5.49. The molecule has 0 atom stereocenters. The molecule has 0 aromatic carbocycles. The molecular weight excluding hydrogens is 166 g/mol. The molecule has 4 nitrogen and oxygen atoms in total. The van der Waals surface area contributed by atoms with E-state index in [0.29, 0.717) is 0 Å². The van der Waals surface area contributed by atoms with Crippen molar-refractivity contribution in [3.8, 4) is 0 Å². The van der Waals surface area contributed by atoms with E-state index < -0.39 is 0 Å². The number of hydrogen-bond donors (Lipinski definition) is 0. The molecule has 0 radical (unpaired) electrons. The molecule has 64 valence electrons. The van der Waals surface area contributed by atoms with Crippen molar-refractivity contribution >= 4 is 16.9 Å². The molecule has 0 bridgehead atoms. The predicted octanol–water partition coefficient (Wildman–Crippen LogP) is 1.78. The van der Waals surface area contributed by atoms with Gasteiger partial charge in [-0.25, -0.2) is 4.98 Å². The summed E-state index contributed by atoms with van der Waals surface area (Å²) in [7, 11) is 0. The number of aromatic nitrogens is 3. The number of rotatable bonds is 0. The van der Waals surface area contributed by atoms with Crippen LogP contribution in [0.25, 0.3) is 16.9 Å². The molecule has 0 aliphatic heterocycles. The highest BCUT2D eigenvalue weighted by atomic mass is 16.3. The lowest BCUT2D eigenvalue weighted by Gasteiger charge is -1.89. The zero-order chi connectivity index (χ0) is 8.84. The third-order valence-electron chi connectivity index (χ3n) is 2.00. The minimum atomic E-state index is 0.730. The van der Waals surface area contributed by atoms with Crippen molar-refractivity contribution in [2.45, 2.75) is 6.92 Å². The van der Waals surface area contributed by atoms with Crippen LogP contribution >= 0.6 is 0 Å². The minimum absolute atomic E-state index is 0.730. The van der Waals surface area contributed by atoms with E-state index in [1.807, 2.05) is 25.1 Å². The van der Waals surface area contributed by atoms with Crippen LogP contribution in [-0.2, 0) is 0 Å². The van der Waals surface area contributed by atoms with Gasteiger partial charge in [-0.05, 0) is 19.1 Å². The quantitative estimate of drug-likeness (QED) is 0.520. The summed E-state index contributed by atoms with van der Waals surface area (Å²) in [4.78, 5) is 4.34. The monoisotopic (exact) mass is 173 g/mol. The number of nitrogens with zero attached hydrogens (tertiary/aromatic N) is 3. The largest absolute Gasteiger partial charge is 0.435 e. The van der Waals surface area contributed by atoms with E-state index >= 15 is 0 Å². The van der Waals surface area contributed by atoms with E-state index in [4.69, 9.17) is 4.42 Å². The number of hydrogen-bond acceptors (Lipinski definition) is 3. The highest BCUT2D eigenvalue weighted by Crippen LogP contribution is 2.17. The standard InChI is InChI=1S/C9H7N3O/c1-6-2-3-7-9(11-6)12-8(13-7)4-5-10-12/h2-5H,1H3. The maximum atomic E-state index is 5.49. The summed E-state index contributed by atoms with van der Waals surface area (Å²) >= 11 is 0. The minimum Gasteiger partial charge on any atom is -0.435 e. The Bertz CT molecular complexity index is 579. The fourth-order valence-electron chi connectivity index (χ4n) is 1.40. The van der Waals surface area contributed by atoms with Gasteiger partial charge in [0, 0.05) is 11.8 Å². The van der Waals surface area contributed by atoms with Gasteiger partial charge in [-0.15, -0.1) is 0 Å².